The number of sulfonamides is 1. The maximum Gasteiger partial charge on any atom is 0.211 e. The van der Waals surface area contributed by atoms with Crippen molar-refractivity contribution < 1.29 is 13.2 Å². The van der Waals surface area contributed by atoms with Crippen LogP contribution in [0.25, 0.3) is 0 Å². The summed E-state index contributed by atoms with van der Waals surface area (Å²) in [5, 5.41) is 14.7. The van der Waals surface area contributed by atoms with Gasteiger partial charge in [-0.2, -0.15) is 9.52 Å². The maximum absolute atomic E-state index is 12.0. The van der Waals surface area contributed by atoms with Gasteiger partial charge in [-0.3, -0.25) is 0 Å². The Balaban J connectivity index is 0.00000392. The molecule has 0 fully saturated rings. The van der Waals surface area contributed by atoms with E-state index in [0.717, 1.165) is 32.1 Å². The first-order chi connectivity index (χ1) is 12.8. The zero-order chi connectivity index (χ0) is 19.7. The van der Waals surface area contributed by atoms with Crippen LogP contribution in [-0.4, -0.2) is 88.9 Å². The van der Waals surface area contributed by atoms with Crippen LogP contribution in [0.2, 0.25) is 10.0 Å². The molecule has 1 N–H and O–H groups in total. The standard InChI is InChI=1S/C16H23Cl2N5O3S.Na/c1-27(24,25)23(7-5-3-2-4-6-16-19-21-22-20-16)8-9-26-15-11-13(17)10-14(18)12-15;/h10-12H,2-9H2,1H3,(H,19,20,21,22);. The fourth-order valence-electron chi connectivity index (χ4n) is 2.53. The zero-order valence-electron chi connectivity index (χ0n) is 16.1. The number of hydrogen-bond donors (Lipinski definition) is 1. The molecule has 1 aromatic carbocycles. The Morgan fingerprint density at radius 3 is 2.36 bits per heavy atom. The van der Waals surface area contributed by atoms with Gasteiger partial charge in [0, 0.05) is 59.1 Å². The van der Waals surface area contributed by atoms with Crippen molar-refractivity contribution in [1.29, 1.82) is 0 Å². The van der Waals surface area contributed by atoms with E-state index >= 15 is 0 Å². The number of hydrogen-bond acceptors (Lipinski definition) is 6. The molecule has 1 heterocycles. The second-order valence-electron chi connectivity index (χ2n) is 6.11. The predicted octanol–water partition coefficient (Wildman–Crippen LogP) is 2.57. The number of H-pyrrole nitrogens is 1. The Kier molecular flexibility index (Phi) is 11.9. The van der Waals surface area contributed by atoms with E-state index in [1.165, 1.54) is 10.6 Å². The summed E-state index contributed by atoms with van der Waals surface area (Å²) in [7, 11) is -3.30. The molecule has 1 aromatic heterocycles. The van der Waals surface area contributed by atoms with Crippen molar-refractivity contribution >= 4 is 62.8 Å². The van der Waals surface area contributed by atoms with Gasteiger partial charge in [0.05, 0.1) is 6.26 Å². The number of tetrazole rings is 1. The van der Waals surface area contributed by atoms with Crippen LogP contribution in [0.1, 0.15) is 31.5 Å². The summed E-state index contributed by atoms with van der Waals surface area (Å²) in [6.45, 7) is 0.952. The fraction of sp³-hybridized carbons (Fsp3) is 0.562. The number of benzene rings is 1. The average Bonchev–Trinajstić information content (AvgIpc) is 3.07. The van der Waals surface area contributed by atoms with Crippen LogP contribution >= 0.6 is 23.2 Å². The quantitative estimate of drug-likeness (QED) is 0.387. The Labute approximate surface area is 197 Å². The Morgan fingerprint density at radius 1 is 1.07 bits per heavy atom. The van der Waals surface area contributed by atoms with Crippen LogP contribution in [-0.2, 0) is 16.4 Å². The summed E-state index contributed by atoms with van der Waals surface area (Å²) < 4.78 is 30.9. The van der Waals surface area contributed by atoms with E-state index in [9.17, 15) is 8.42 Å². The number of rotatable bonds is 12. The number of ether oxygens (including phenoxy) is 1. The molecule has 12 heteroatoms. The van der Waals surface area contributed by atoms with E-state index in [2.05, 4.69) is 20.6 Å². The van der Waals surface area contributed by atoms with Crippen molar-refractivity contribution in [1.82, 2.24) is 24.9 Å². The fourth-order valence-corrected chi connectivity index (χ4v) is 3.91. The van der Waals surface area contributed by atoms with Gasteiger partial charge < -0.3 is 4.74 Å². The van der Waals surface area contributed by atoms with Gasteiger partial charge in [0.25, 0.3) is 0 Å². The van der Waals surface area contributed by atoms with Gasteiger partial charge in [0.1, 0.15) is 12.4 Å². The molecule has 0 bridgehead atoms. The van der Waals surface area contributed by atoms with E-state index in [-0.39, 0.29) is 42.7 Å². The van der Waals surface area contributed by atoms with Crippen molar-refractivity contribution in [3.63, 3.8) is 0 Å². The first-order valence-electron chi connectivity index (χ1n) is 8.61. The number of nitrogens with zero attached hydrogens (tertiary/aromatic N) is 4. The average molecular weight is 459 g/mol. The summed E-state index contributed by atoms with van der Waals surface area (Å²) in [4.78, 5) is 0. The first-order valence-corrected chi connectivity index (χ1v) is 11.2. The van der Waals surface area contributed by atoms with Crippen molar-refractivity contribution in [3.8, 4) is 5.75 Å². The minimum atomic E-state index is -3.30. The van der Waals surface area contributed by atoms with Crippen LogP contribution in [0.4, 0.5) is 0 Å². The molecule has 2 rings (SSSR count). The molecular weight excluding hydrogens is 436 g/mol. The number of aromatic nitrogens is 4. The predicted molar refractivity (Wildman–Crippen MR) is 110 cm³/mol. The topological polar surface area (TPSA) is 101 Å². The third-order valence-electron chi connectivity index (χ3n) is 3.86. The van der Waals surface area contributed by atoms with Crippen LogP contribution in [0.15, 0.2) is 18.2 Å². The molecule has 0 spiro atoms. The molecule has 1 radical (unpaired) electrons. The third-order valence-corrected chi connectivity index (χ3v) is 5.60. The largest absolute Gasteiger partial charge is 0.492 e. The summed E-state index contributed by atoms with van der Waals surface area (Å²) in [5.41, 5.74) is 0. The molecule has 0 aliphatic heterocycles. The Hall–Kier alpha value is -0.420. The molecular formula is C16H23Cl2N5NaO3S. The molecule has 8 nitrogen and oxygen atoms in total. The van der Waals surface area contributed by atoms with E-state index in [4.69, 9.17) is 27.9 Å². The van der Waals surface area contributed by atoms with Gasteiger partial charge in [-0.05, 0) is 31.0 Å². The van der Waals surface area contributed by atoms with Gasteiger partial charge >= 0.3 is 0 Å². The SMILES string of the molecule is CS(=O)(=O)N(CCCCCCc1nn[nH]n1)CCOc1cc(Cl)cc(Cl)c1.[Na]. The monoisotopic (exact) mass is 458 g/mol. The van der Waals surface area contributed by atoms with Crippen molar-refractivity contribution in [2.75, 3.05) is 26.0 Å². The summed E-state index contributed by atoms with van der Waals surface area (Å²) in [6.07, 6.45) is 5.60. The molecule has 0 aliphatic carbocycles. The molecule has 0 saturated carbocycles. The molecule has 0 atom stereocenters. The van der Waals surface area contributed by atoms with Crippen LogP contribution in [0.5, 0.6) is 5.75 Å². The Bertz CT molecular complexity index is 788. The molecule has 0 unspecified atom stereocenters. The summed E-state index contributed by atoms with van der Waals surface area (Å²) >= 11 is 11.8. The van der Waals surface area contributed by atoms with Crippen molar-refractivity contribution in [3.05, 3.63) is 34.1 Å². The van der Waals surface area contributed by atoms with Crippen LogP contribution < -0.4 is 4.74 Å². The number of nitrogens with one attached hydrogen (secondary N) is 1. The molecule has 0 amide bonds. The zero-order valence-corrected chi connectivity index (χ0v) is 20.4. The normalized spacial score (nSPS) is 11.4. The third kappa shape index (κ3) is 9.87. The Morgan fingerprint density at radius 2 is 1.75 bits per heavy atom. The second kappa shape index (κ2) is 13.0. The molecule has 0 saturated heterocycles. The van der Waals surface area contributed by atoms with E-state index < -0.39 is 10.0 Å². The molecule has 0 aliphatic rings. The van der Waals surface area contributed by atoms with E-state index in [1.54, 1.807) is 18.2 Å². The minimum absolute atomic E-state index is 0. The van der Waals surface area contributed by atoms with Gasteiger partial charge in [-0.25, -0.2) is 8.42 Å². The molecule has 151 valence electrons. The summed E-state index contributed by atoms with van der Waals surface area (Å²) in [5.74, 6) is 1.22. The maximum atomic E-state index is 12.0. The number of halogens is 2. The van der Waals surface area contributed by atoms with Crippen molar-refractivity contribution in [2.45, 2.75) is 32.1 Å². The molecule has 2 aromatic rings. The van der Waals surface area contributed by atoms with Crippen molar-refractivity contribution in [2.24, 2.45) is 0 Å². The van der Waals surface area contributed by atoms with Crippen LogP contribution in [0.3, 0.4) is 0 Å². The number of aromatic amines is 1. The number of unbranched alkanes of at least 4 members (excludes halogenated alkanes) is 3. The molecule has 28 heavy (non-hydrogen) atoms. The van der Waals surface area contributed by atoms with Crippen LogP contribution in [0, 0.1) is 0 Å². The minimum Gasteiger partial charge on any atom is -0.492 e. The second-order valence-corrected chi connectivity index (χ2v) is 8.96. The first kappa shape index (κ1) is 25.6. The van der Waals surface area contributed by atoms with Gasteiger partial charge in [-0.1, -0.05) is 41.3 Å². The van der Waals surface area contributed by atoms with Gasteiger partial charge in [-0.15, -0.1) is 10.2 Å². The van der Waals surface area contributed by atoms with E-state index in [0.29, 0.717) is 28.2 Å². The van der Waals surface area contributed by atoms with E-state index in [1.807, 2.05) is 0 Å². The van der Waals surface area contributed by atoms with Gasteiger partial charge in [0.2, 0.25) is 10.0 Å². The van der Waals surface area contributed by atoms with Gasteiger partial charge in [0.15, 0.2) is 5.82 Å². The number of aryl methyl sites for hydroxylation is 1. The smallest absolute Gasteiger partial charge is 0.211 e. The summed E-state index contributed by atoms with van der Waals surface area (Å²) in [6, 6.07) is 4.89.